The SMILES string of the molecule is Cc1cccc(-c2ccc(C(=O)NCc3c(C)cc(C)[nH]c3=O)c(=O)[nH]2)c1. The molecule has 6 nitrogen and oxygen atoms in total. The number of hydrogen-bond donors (Lipinski definition) is 3. The number of nitrogens with one attached hydrogen (secondary N) is 3. The second-order valence-corrected chi connectivity index (χ2v) is 6.61. The maximum atomic E-state index is 12.4. The number of aryl methyl sites for hydroxylation is 3. The third-order valence-electron chi connectivity index (χ3n) is 4.40. The lowest BCUT2D eigenvalue weighted by Gasteiger charge is -2.09. The minimum absolute atomic E-state index is 0.00703. The van der Waals surface area contributed by atoms with Gasteiger partial charge in [-0.2, -0.15) is 0 Å². The van der Waals surface area contributed by atoms with Gasteiger partial charge in [-0.25, -0.2) is 0 Å². The standard InChI is InChI=1S/C21H21N3O3/c1-12-5-4-6-15(9-12)18-8-7-16(20(26)24-18)19(25)22-11-17-13(2)10-14(3)23-21(17)27/h4-10H,11H2,1-3H3,(H,22,25)(H,23,27)(H,24,26). The van der Waals surface area contributed by atoms with E-state index in [-0.39, 0.29) is 17.7 Å². The number of hydrogen-bond acceptors (Lipinski definition) is 3. The van der Waals surface area contributed by atoms with E-state index in [1.807, 2.05) is 44.2 Å². The Morgan fingerprint density at radius 2 is 1.74 bits per heavy atom. The molecule has 0 aliphatic heterocycles. The molecule has 6 heteroatoms. The summed E-state index contributed by atoms with van der Waals surface area (Å²) >= 11 is 0. The van der Waals surface area contributed by atoms with Crippen LogP contribution in [0.15, 0.2) is 52.1 Å². The van der Waals surface area contributed by atoms with Gasteiger partial charge >= 0.3 is 0 Å². The summed E-state index contributed by atoms with van der Waals surface area (Å²) in [7, 11) is 0. The lowest BCUT2D eigenvalue weighted by molar-refractivity contribution is 0.0949. The van der Waals surface area contributed by atoms with E-state index in [1.165, 1.54) is 6.07 Å². The van der Waals surface area contributed by atoms with Gasteiger partial charge in [0.1, 0.15) is 5.56 Å². The summed E-state index contributed by atoms with van der Waals surface area (Å²) in [5, 5.41) is 2.65. The van der Waals surface area contributed by atoms with Crippen LogP contribution in [0, 0.1) is 20.8 Å². The van der Waals surface area contributed by atoms with Crippen molar-refractivity contribution >= 4 is 5.91 Å². The van der Waals surface area contributed by atoms with Gasteiger partial charge in [0.15, 0.2) is 0 Å². The van der Waals surface area contributed by atoms with E-state index in [9.17, 15) is 14.4 Å². The number of aromatic nitrogens is 2. The van der Waals surface area contributed by atoms with E-state index in [1.54, 1.807) is 13.0 Å². The first-order valence-corrected chi connectivity index (χ1v) is 8.63. The summed E-state index contributed by atoms with van der Waals surface area (Å²) in [6.45, 7) is 5.64. The second kappa shape index (κ2) is 7.45. The molecular formula is C21H21N3O3. The number of benzene rings is 1. The Bertz CT molecular complexity index is 1130. The smallest absolute Gasteiger partial charge is 0.261 e. The van der Waals surface area contributed by atoms with Crippen LogP contribution in [0.2, 0.25) is 0 Å². The average molecular weight is 363 g/mol. The first-order chi connectivity index (χ1) is 12.8. The Morgan fingerprint density at radius 1 is 0.963 bits per heavy atom. The zero-order chi connectivity index (χ0) is 19.6. The molecule has 0 aliphatic carbocycles. The summed E-state index contributed by atoms with van der Waals surface area (Å²) in [6, 6.07) is 12.8. The number of amides is 1. The van der Waals surface area contributed by atoms with Gasteiger partial charge in [0, 0.05) is 23.5 Å². The molecule has 1 amide bonds. The molecule has 138 valence electrons. The highest BCUT2D eigenvalue weighted by Crippen LogP contribution is 2.17. The molecule has 2 heterocycles. The molecule has 0 radical (unpaired) electrons. The minimum Gasteiger partial charge on any atom is -0.348 e. The zero-order valence-corrected chi connectivity index (χ0v) is 15.5. The summed E-state index contributed by atoms with van der Waals surface area (Å²) in [6.07, 6.45) is 0. The Hall–Kier alpha value is -3.41. The maximum absolute atomic E-state index is 12.4. The van der Waals surface area contributed by atoms with Gasteiger partial charge in [0.25, 0.3) is 17.0 Å². The first-order valence-electron chi connectivity index (χ1n) is 8.63. The highest BCUT2D eigenvalue weighted by molar-refractivity contribution is 5.94. The van der Waals surface area contributed by atoms with Crippen LogP contribution in [0.25, 0.3) is 11.3 Å². The summed E-state index contributed by atoms with van der Waals surface area (Å²) in [4.78, 5) is 42.2. The molecule has 3 aromatic rings. The van der Waals surface area contributed by atoms with Gasteiger partial charge in [-0.1, -0.05) is 23.8 Å². The summed E-state index contributed by atoms with van der Waals surface area (Å²) in [5.74, 6) is -0.522. The van der Waals surface area contributed by atoms with Crippen LogP contribution in [0.1, 0.15) is 32.7 Å². The van der Waals surface area contributed by atoms with Crippen LogP contribution in [-0.2, 0) is 6.54 Å². The highest BCUT2D eigenvalue weighted by atomic mass is 16.2. The van der Waals surface area contributed by atoms with Crippen molar-refractivity contribution in [2.24, 2.45) is 0 Å². The van der Waals surface area contributed by atoms with Gasteiger partial charge < -0.3 is 15.3 Å². The van der Waals surface area contributed by atoms with Crippen molar-refractivity contribution in [3.63, 3.8) is 0 Å². The van der Waals surface area contributed by atoms with Crippen molar-refractivity contribution in [3.05, 3.63) is 91.1 Å². The quantitative estimate of drug-likeness (QED) is 0.665. The molecule has 0 saturated heterocycles. The second-order valence-electron chi connectivity index (χ2n) is 6.61. The normalized spacial score (nSPS) is 10.6. The molecule has 0 fully saturated rings. The molecule has 0 saturated carbocycles. The number of pyridine rings is 2. The number of aromatic amines is 2. The lowest BCUT2D eigenvalue weighted by Crippen LogP contribution is -2.31. The molecule has 27 heavy (non-hydrogen) atoms. The summed E-state index contributed by atoms with van der Waals surface area (Å²) < 4.78 is 0. The number of carbonyl (C=O) groups is 1. The fraction of sp³-hybridized carbons (Fsp3) is 0.190. The van der Waals surface area contributed by atoms with Gasteiger partial charge in [-0.05, 0) is 56.2 Å². The minimum atomic E-state index is -0.522. The van der Waals surface area contributed by atoms with Gasteiger partial charge in [-0.3, -0.25) is 14.4 Å². The third-order valence-corrected chi connectivity index (χ3v) is 4.40. The van der Waals surface area contributed by atoms with Crippen LogP contribution in [-0.4, -0.2) is 15.9 Å². The van der Waals surface area contributed by atoms with E-state index in [0.29, 0.717) is 11.3 Å². The van der Waals surface area contributed by atoms with Crippen molar-refractivity contribution < 1.29 is 4.79 Å². The van der Waals surface area contributed by atoms with Crippen LogP contribution < -0.4 is 16.4 Å². The van der Waals surface area contributed by atoms with E-state index >= 15 is 0 Å². The Kier molecular flexibility index (Phi) is 5.07. The Morgan fingerprint density at radius 3 is 2.41 bits per heavy atom. The fourth-order valence-corrected chi connectivity index (χ4v) is 3.00. The Balaban J connectivity index is 1.80. The molecule has 2 aromatic heterocycles. The van der Waals surface area contributed by atoms with Gasteiger partial charge in [0.05, 0.1) is 0 Å². The van der Waals surface area contributed by atoms with Crippen molar-refractivity contribution in [3.8, 4) is 11.3 Å². The van der Waals surface area contributed by atoms with E-state index in [0.717, 1.165) is 22.4 Å². The van der Waals surface area contributed by atoms with Gasteiger partial charge in [0.2, 0.25) is 0 Å². The zero-order valence-electron chi connectivity index (χ0n) is 15.5. The summed E-state index contributed by atoms with van der Waals surface area (Å²) in [5.41, 5.74) is 3.92. The van der Waals surface area contributed by atoms with Crippen LogP contribution >= 0.6 is 0 Å². The highest BCUT2D eigenvalue weighted by Gasteiger charge is 2.13. The van der Waals surface area contributed by atoms with Crippen LogP contribution in [0.3, 0.4) is 0 Å². The predicted molar refractivity (Wildman–Crippen MR) is 105 cm³/mol. The monoisotopic (exact) mass is 363 g/mol. The first kappa shape index (κ1) is 18.4. The van der Waals surface area contributed by atoms with Crippen molar-refractivity contribution in [1.29, 1.82) is 0 Å². The third kappa shape index (κ3) is 4.06. The lowest BCUT2D eigenvalue weighted by atomic mass is 10.1. The van der Waals surface area contributed by atoms with Crippen molar-refractivity contribution in [1.82, 2.24) is 15.3 Å². The van der Waals surface area contributed by atoms with E-state index < -0.39 is 11.5 Å². The molecule has 0 atom stereocenters. The average Bonchev–Trinajstić information content (AvgIpc) is 2.60. The molecular weight excluding hydrogens is 342 g/mol. The topological polar surface area (TPSA) is 94.8 Å². The molecule has 0 unspecified atom stereocenters. The Labute approximate surface area is 156 Å². The molecule has 0 bridgehead atoms. The molecule has 3 N–H and O–H groups in total. The number of H-pyrrole nitrogens is 2. The maximum Gasteiger partial charge on any atom is 0.261 e. The molecule has 1 aromatic carbocycles. The van der Waals surface area contributed by atoms with Crippen LogP contribution in [0.5, 0.6) is 0 Å². The van der Waals surface area contributed by atoms with Crippen molar-refractivity contribution in [2.45, 2.75) is 27.3 Å². The predicted octanol–water partition coefficient (Wildman–Crippen LogP) is 2.59. The number of carbonyl (C=O) groups excluding carboxylic acids is 1. The molecule has 3 rings (SSSR count). The van der Waals surface area contributed by atoms with Gasteiger partial charge in [-0.15, -0.1) is 0 Å². The number of rotatable bonds is 4. The van der Waals surface area contributed by atoms with Crippen molar-refractivity contribution in [2.75, 3.05) is 0 Å². The van der Waals surface area contributed by atoms with Crippen LogP contribution in [0.4, 0.5) is 0 Å². The van der Waals surface area contributed by atoms with E-state index in [4.69, 9.17) is 0 Å². The van der Waals surface area contributed by atoms with E-state index in [2.05, 4.69) is 15.3 Å². The molecule has 0 spiro atoms. The fourth-order valence-electron chi connectivity index (χ4n) is 3.00. The molecule has 0 aliphatic rings. The largest absolute Gasteiger partial charge is 0.348 e.